The average Bonchev–Trinajstić information content (AvgIpc) is 2.84. The van der Waals surface area contributed by atoms with Crippen LogP contribution in [0.15, 0.2) is 73.1 Å². The molecular formula is C25H24N4O4. The van der Waals surface area contributed by atoms with Crippen molar-refractivity contribution in [1.29, 1.82) is 0 Å². The standard InChI is InChI=1S/C25H24N4O4/c1-16(31)14-33-23-12-22-21(11-18(23)13-30)24(27-15-26-22)28-19-7-9-20(10-8-19)29-25(32)17-5-3-2-4-6-17/h2-12,15-16,30-31H,13-14H2,1H3,(H,29,32)(H,26,27,28). The third-order valence-corrected chi connectivity index (χ3v) is 4.91. The molecule has 33 heavy (non-hydrogen) atoms. The Balaban J connectivity index is 1.53. The Hall–Kier alpha value is -4.01. The zero-order valence-electron chi connectivity index (χ0n) is 18.0. The monoisotopic (exact) mass is 444 g/mol. The van der Waals surface area contributed by atoms with Crippen molar-refractivity contribution in [1.82, 2.24) is 9.97 Å². The first-order chi connectivity index (χ1) is 16.0. The number of benzene rings is 3. The van der Waals surface area contributed by atoms with Crippen LogP contribution >= 0.6 is 0 Å². The van der Waals surface area contributed by atoms with E-state index in [1.807, 2.05) is 30.3 Å². The fourth-order valence-electron chi connectivity index (χ4n) is 3.26. The smallest absolute Gasteiger partial charge is 0.255 e. The molecule has 4 rings (SSSR count). The van der Waals surface area contributed by atoms with Crippen molar-refractivity contribution < 1.29 is 19.7 Å². The van der Waals surface area contributed by atoms with E-state index in [-0.39, 0.29) is 19.1 Å². The molecule has 1 atom stereocenters. The van der Waals surface area contributed by atoms with E-state index < -0.39 is 6.10 Å². The number of aliphatic hydroxyl groups is 2. The van der Waals surface area contributed by atoms with Crippen molar-refractivity contribution >= 4 is 34.0 Å². The van der Waals surface area contributed by atoms with Crippen molar-refractivity contribution in [3.8, 4) is 5.75 Å². The van der Waals surface area contributed by atoms with Gasteiger partial charge in [-0.3, -0.25) is 4.79 Å². The van der Waals surface area contributed by atoms with Crippen LogP contribution < -0.4 is 15.4 Å². The quantitative estimate of drug-likeness (QED) is 0.326. The summed E-state index contributed by atoms with van der Waals surface area (Å²) in [6.07, 6.45) is 0.811. The summed E-state index contributed by atoms with van der Waals surface area (Å²) in [5.41, 5.74) is 3.23. The predicted molar refractivity (Wildman–Crippen MR) is 127 cm³/mol. The largest absolute Gasteiger partial charge is 0.490 e. The summed E-state index contributed by atoms with van der Waals surface area (Å²) in [4.78, 5) is 21.0. The van der Waals surface area contributed by atoms with Crippen molar-refractivity contribution in [2.24, 2.45) is 0 Å². The molecule has 4 aromatic rings. The Morgan fingerprint density at radius 1 is 1.03 bits per heavy atom. The minimum atomic E-state index is -0.629. The van der Waals surface area contributed by atoms with Gasteiger partial charge in [-0.15, -0.1) is 0 Å². The number of carbonyl (C=O) groups excluding carboxylic acids is 1. The van der Waals surface area contributed by atoms with Gasteiger partial charge in [0.1, 0.15) is 24.5 Å². The Morgan fingerprint density at radius 3 is 2.45 bits per heavy atom. The van der Waals surface area contributed by atoms with Gasteiger partial charge < -0.3 is 25.6 Å². The molecule has 0 aliphatic heterocycles. The minimum Gasteiger partial charge on any atom is -0.490 e. The molecule has 4 N–H and O–H groups in total. The average molecular weight is 444 g/mol. The molecule has 1 unspecified atom stereocenters. The molecule has 0 radical (unpaired) electrons. The molecule has 0 fully saturated rings. The SMILES string of the molecule is CC(O)COc1cc2ncnc(Nc3ccc(NC(=O)c4ccccc4)cc3)c2cc1CO. The third-order valence-electron chi connectivity index (χ3n) is 4.91. The molecule has 1 amide bonds. The maximum Gasteiger partial charge on any atom is 0.255 e. The van der Waals surface area contributed by atoms with Gasteiger partial charge in [0.25, 0.3) is 5.91 Å². The van der Waals surface area contributed by atoms with Gasteiger partial charge in [-0.25, -0.2) is 9.97 Å². The van der Waals surface area contributed by atoms with Crippen LogP contribution in [0.3, 0.4) is 0 Å². The number of hydrogen-bond donors (Lipinski definition) is 4. The number of aliphatic hydroxyl groups excluding tert-OH is 2. The first kappa shape index (κ1) is 22.2. The van der Waals surface area contributed by atoms with Gasteiger partial charge in [0.2, 0.25) is 0 Å². The van der Waals surface area contributed by atoms with Crippen LogP contribution in [0.5, 0.6) is 5.75 Å². The third kappa shape index (κ3) is 5.43. The van der Waals surface area contributed by atoms with Gasteiger partial charge in [-0.05, 0) is 49.4 Å². The molecule has 0 aliphatic carbocycles. The maximum absolute atomic E-state index is 12.3. The highest BCUT2D eigenvalue weighted by Gasteiger charge is 2.12. The highest BCUT2D eigenvalue weighted by molar-refractivity contribution is 6.04. The fourth-order valence-corrected chi connectivity index (χ4v) is 3.26. The molecule has 8 nitrogen and oxygen atoms in total. The first-order valence-electron chi connectivity index (χ1n) is 10.5. The lowest BCUT2D eigenvalue weighted by molar-refractivity contribution is 0.102. The van der Waals surface area contributed by atoms with Gasteiger partial charge >= 0.3 is 0 Å². The number of hydrogen-bond acceptors (Lipinski definition) is 7. The van der Waals surface area contributed by atoms with E-state index in [9.17, 15) is 15.0 Å². The summed E-state index contributed by atoms with van der Waals surface area (Å²) in [6, 6.07) is 19.8. The lowest BCUT2D eigenvalue weighted by atomic mass is 10.1. The number of rotatable bonds is 8. The second-order valence-corrected chi connectivity index (χ2v) is 7.54. The Bertz CT molecular complexity index is 1240. The number of anilines is 3. The van der Waals surface area contributed by atoms with Gasteiger partial charge in [0.05, 0.1) is 18.2 Å². The number of ether oxygens (including phenoxy) is 1. The van der Waals surface area contributed by atoms with E-state index in [2.05, 4.69) is 20.6 Å². The summed E-state index contributed by atoms with van der Waals surface area (Å²) >= 11 is 0. The molecule has 0 saturated heterocycles. The Labute approximate surface area is 190 Å². The van der Waals surface area contributed by atoms with E-state index in [1.165, 1.54) is 6.33 Å². The molecule has 0 bridgehead atoms. The summed E-state index contributed by atoms with van der Waals surface area (Å²) in [6.45, 7) is 1.51. The zero-order valence-corrected chi connectivity index (χ0v) is 18.0. The van der Waals surface area contributed by atoms with Crippen molar-refractivity contribution in [3.05, 3.63) is 84.2 Å². The van der Waals surface area contributed by atoms with E-state index in [4.69, 9.17) is 4.74 Å². The summed E-state index contributed by atoms with van der Waals surface area (Å²) in [5, 5.41) is 26.1. The number of nitrogens with one attached hydrogen (secondary N) is 2. The molecule has 1 aromatic heterocycles. The molecule has 0 spiro atoms. The topological polar surface area (TPSA) is 117 Å². The van der Waals surface area contributed by atoms with Crippen LogP contribution in [-0.4, -0.2) is 38.8 Å². The van der Waals surface area contributed by atoms with Gasteiger partial charge in [0.15, 0.2) is 0 Å². The maximum atomic E-state index is 12.3. The molecule has 3 aromatic carbocycles. The lowest BCUT2D eigenvalue weighted by Gasteiger charge is -2.14. The van der Waals surface area contributed by atoms with E-state index >= 15 is 0 Å². The van der Waals surface area contributed by atoms with Crippen LogP contribution in [-0.2, 0) is 6.61 Å². The van der Waals surface area contributed by atoms with Crippen LogP contribution in [0.1, 0.15) is 22.8 Å². The van der Waals surface area contributed by atoms with Gasteiger partial charge in [-0.2, -0.15) is 0 Å². The molecule has 168 valence electrons. The Kier molecular flexibility index (Phi) is 6.77. The number of aromatic nitrogens is 2. The van der Waals surface area contributed by atoms with Crippen molar-refractivity contribution in [2.45, 2.75) is 19.6 Å². The van der Waals surface area contributed by atoms with E-state index in [0.29, 0.717) is 39.3 Å². The molecular weight excluding hydrogens is 420 g/mol. The van der Waals surface area contributed by atoms with Gasteiger partial charge in [0, 0.05) is 34.0 Å². The summed E-state index contributed by atoms with van der Waals surface area (Å²) in [7, 11) is 0. The number of carbonyl (C=O) groups is 1. The van der Waals surface area contributed by atoms with Crippen molar-refractivity contribution in [3.63, 3.8) is 0 Å². The van der Waals surface area contributed by atoms with Crippen LogP contribution in [0.4, 0.5) is 17.2 Å². The van der Waals surface area contributed by atoms with Crippen molar-refractivity contribution in [2.75, 3.05) is 17.2 Å². The highest BCUT2D eigenvalue weighted by Crippen LogP contribution is 2.30. The highest BCUT2D eigenvalue weighted by atomic mass is 16.5. The summed E-state index contributed by atoms with van der Waals surface area (Å²) in [5.74, 6) is 0.857. The summed E-state index contributed by atoms with van der Waals surface area (Å²) < 4.78 is 5.61. The molecule has 1 heterocycles. The normalized spacial score (nSPS) is 11.7. The van der Waals surface area contributed by atoms with E-state index in [0.717, 1.165) is 5.69 Å². The second kappa shape index (κ2) is 10.1. The lowest BCUT2D eigenvalue weighted by Crippen LogP contribution is -2.13. The predicted octanol–water partition coefficient (Wildman–Crippen LogP) is 3.88. The number of fused-ring (bicyclic) bond motifs is 1. The molecule has 0 saturated carbocycles. The zero-order chi connectivity index (χ0) is 23.2. The van der Waals surface area contributed by atoms with Gasteiger partial charge in [-0.1, -0.05) is 18.2 Å². The fraction of sp³-hybridized carbons (Fsp3) is 0.160. The Morgan fingerprint density at radius 2 is 1.76 bits per heavy atom. The molecule has 0 aliphatic rings. The number of amides is 1. The van der Waals surface area contributed by atoms with Crippen LogP contribution in [0.25, 0.3) is 10.9 Å². The minimum absolute atomic E-state index is 0.113. The first-order valence-corrected chi connectivity index (χ1v) is 10.5. The van der Waals surface area contributed by atoms with E-state index in [1.54, 1.807) is 43.3 Å². The van der Waals surface area contributed by atoms with Crippen LogP contribution in [0.2, 0.25) is 0 Å². The number of nitrogens with zero attached hydrogens (tertiary/aromatic N) is 2. The molecule has 8 heteroatoms. The second-order valence-electron chi connectivity index (χ2n) is 7.54. The van der Waals surface area contributed by atoms with Crippen LogP contribution in [0, 0.1) is 0 Å².